The monoisotopic (exact) mass is 261 g/mol. The molecule has 1 saturated heterocycles. The molecule has 0 spiro atoms. The van der Waals surface area contributed by atoms with E-state index in [1.165, 1.54) is 38.5 Å². The number of anilines is 1. The summed E-state index contributed by atoms with van der Waals surface area (Å²) in [6, 6.07) is 3.93. The van der Waals surface area contributed by atoms with Crippen molar-refractivity contribution in [2.75, 3.05) is 11.4 Å². The Balaban J connectivity index is 1.81. The maximum atomic E-state index is 10.8. The van der Waals surface area contributed by atoms with Crippen molar-refractivity contribution in [3.05, 3.63) is 17.8 Å². The Morgan fingerprint density at radius 1 is 1.16 bits per heavy atom. The van der Waals surface area contributed by atoms with E-state index in [1.54, 1.807) is 12.1 Å². The zero-order chi connectivity index (χ0) is 13.2. The Morgan fingerprint density at radius 3 is 2.68 bits per heavy atom. The van der Waals surface area contributed by atoms with Gasteiger partial charge in [-0.15, -0.1) is 10.2 Å². The number of carboxylic acids is 1. The van der Waals surface area contributed by atoms with Gasteiger partial charge in [0.1, 0.15) is 0 Å². The predicted molar refractivity (Wildman–Crippen MR) is 71.3 cm³/mol. The molecule has 102 valence electrons. The number of aromatic carboxylic acids is 1. The Labute approximate surface area is 112 Å². The molecule has 19 heavy (non-hydrogen) atoms. The van der Waals surface area contributed by atoms with Gasteiger partial charge in [-0.2, -0.15) is 0 Å². The number of carboxylic acid groups (broad SMARTS) is 1. The minimum Gasteiger partial charge on any atom is -0.476 e. The largest absolute Gasteiger partial charge is 0.476 e. The lowest BCUT2D eigenvalue weighted by molar-refractivity contribution is 0.0689. The summed E-state index contributed by atoms with van der Waals surface area (Å²) in [6.07, 6.45) is 7.71. The summed E-state index contributed by atoms with van der Waals surface area (Å²) in [6.45, 7) is 1.02. The van der Waals surface area contributed by atoms with Crippen molar-refractivity contribution in [1.82, 2.24) is 10.2 Å². The minimum atomic E-state index is -1.02. The van der Waals surface area contributed by atoms with Gasteiger partial charge in [0.2, 0.25) is 0 Å². The van der Waals surface area contributed by atoms with E-state index < -0.39 is 5.97 Å². The second-order valence-electron chi connectivity index (χ2n) is 5.53. The van der Waals surface area contributed by atoms with E-state index in [1.807, 2.05) is 0 Å². The summed E-state index contributed by atoms with van der Waals surface area (Å²) in [5.74, 6) is 0.596. The highest BCUT2D eigenvalue weighted by Crippen LogP contribution is 2.36. The minimum absolute atomic E-state index is 0.0148. The van der Waals surface area contributed by atoms with Gasteiger partial charge in [-0.1, -0.05) is 12.8 Å². The van der Waals surface area contributed by atoms with Gasteiger partial charge in [0.05, 0.1) is 0 Å². The maximum absolute atomic E-state index is 10.8. The van der Waals surface area contributed by atoms with E-state index in [4.69, 9.17) is 5.11 Å². The quantitative estimate of drug-likeness (QED) is 0.885. The van der Waals surface area contributed by atoms with E-state index in [0.717, 1.165) is 18.3 Å². The first kappa shape index (κ1) is 12.4. The van der Waals surface area contributed by atoms with Crippen LogP contribution in [0.4, 0.5) is 5.82 Å². The first-order valence-corrected chi connectivity index (χ1v) is 7.09. The van der Waals surface area contributed by atoms with Crippen molar-refractivity contribution in [3.63, 3.8) is 0 Å². The second kappa shape index (κ2) is 5.15. The molecule has 0 aromatic carbocycles. The fourth-order valence-corrected chi connectivity index (χ4v) is 3.50. The molecule has 2 heterocycles. The number of hydrogen-bond acceptors (Lipinski definition) is 4. The zero-order valence-electron chi connectivity index (χ0n) is 11.0. The lowest BCUT2D eigenvalue weighted by Crippen LogP contribution is -2.47. The van der Waals surface area contributed by atoms with Crippen molar-refractivity contribution in [2.45, 2.75) is 44.6 Å². The van der Waals surface area contributed by atoms with Crippen LogP contribution in [0.2, 0.25) is 0 Å². The van der Waals surface area contributed by atoms with Crippen LogP contribution >= 0.6 is 0 Å². The molecule has 1 aliphatic heterocycles. The maximum Gasteiger partial charge on any atom is 0.356 e. The number of aromatic nitrogens is 2. The summed E-state index contributed by atoms with van der Waals surface area (Å²) in [7, 11) is 0. The van der Waals surface area contributed by atoms with Gasteiger partial charge in [-0.05, 0) is 43.7 Å². The second-order valence-corrected chi connectivity index (χ2v) is 5.53. The van der Waals surface area contributed by atoms with Crippen LogP contribution in [-0.4, -0.2) is 33.9 Å². The highest BCUT2D eigenvalue weighted by Gasteiger charge is 2.33. The first-order chi connectivity index (χ1) is 9.25. The van der Waals surface area contributed by atoms with Gasteiger partial charge in [0, 0.05) is 12.6 Å². The van der Waals surface area contributed by atoms with Crippen molar-refractivity contribution < 1.29 is 9.90 Å². The molecule has 2 fully saturated rings. The number of hydrogen-bond donors (Lipinski definition) is 1. The predicted octanol–water partition coefficient (Wildman–Crippen LogP) is 2.33. The number of carbonyl (C=O) groups is 1. The third-order valence-electron chi connectivity index (χ3n) is 4.41. The number of rotatable bonds is 2. The summed E-state index contributed by atoms with van der Waals surface area (Å²) < 4.78 is 0. The molecule has 3 rings (SSSR count). The SMILES string of the molecule is O=C(O)c1ccc(N2CCC[C@H]3CCCC[C@H]32)nn1. The summed E-state index contributed by atoms with van der Waals surface area (Å²) in [4.78, 5) is 13.1. The van der Waals surface area contributed by atoms with Crippen molar-refractivity contribution in [1.29, 1.82) is 0 Å². The van der Waals surface area contributed by atoms with Crippen LogP contribution in [0.15, 0.2) is 12.1 Å². The number of fused-ring (bicyclic) bond motifs is 1. The lowest BCUT2D eigenvalue weighted by Gasteiger charge is -2.44. The van der Waals surface area contributed by atoms with Crippen LogP contribution < -0.4 is 4.90 Å². The van der Waals surface area contributed by atoms with Crippen molar-refractivity contribution in [3.8, 4) is 0 Å². The molecule has 1 aliphatic carbocycles. The number of nitrogens with zero attached hydrogens (tertiary/aromatic N) is 3. The van der Waals surface area contributed by atoms with Crippen molar-refractivity contribution in [2.24, 2.45) is 5.92 Å². The molecule has 0 bridgehead atoms. The normalized spacial score (nSPS) is 26.8. The molecule has 2 atom stereocenters. The van der Waals surface area contributed by atoms with E-state index in [2.05, 4.69) is 15.1 Å². The molecular weight excluding hydrogens is 242 g/mol. The molecule has 1 aromatic rings. The van der Waals surface area contributed by atoms with Gasteiger partial charge >= 0.3 is 5.97 Å². The fourth-order valence-electron chi connectivity index (χ4n) is 3.50. The van der Waals surface area contributed by atoms with Gasteiger partial charge < -0.3 is 10.0 Å². The topological polar surface area (TPSA) is 66.3 Å². The van der Waals surface area contributed by atoms with Crippen LogP contribution in [0.3, 0.4) is 0 Å². The molecule has 1 saturated carbocycles. The molecule has 2 aliphatic rings. The standard InChI is InChI=1S/C14H19N3O2/c18-14(19)11-7-8-13(16-15-11)17-9-3-5-10-4-1-2-6-12(10)17/h7-8,10,12H,1-6,9H2,(H,18,19)/t10-,12-/m1/s1. The molecule has 5 heteroatoms. The first-order valence-electron chi connectivity index (χ1n) is 7.09. The van der Waals surface area contributed by atoms with Crippen LogP contribution in [0.25, 0.3) is 0 Å². The van der Waals surface area contributed by atoms with Gasteiger partial charge in [-0.3, -0.25) is 0 Å². The molecule has 0 unspecified atom stereocenters. The number of piperidine rings is 1. The molecule has 0 radical (unpaired) electrons. The Kier molecular flexibility index (Phi) is 3.36. The van der Waals surface area contributed by atoms with E-state index in [9.17, 15) is 4.79 Å². The van der Waals surface area contributed by atoms with Crippen LogP contribution in [0.5, 0.6) is 0 Å². The summed E-state index contributed by atoms with van der Waals surface area (Å²) >= 11 is 0. The van der Waals surface area contributed by atoms with E-state index in [-0.39, 0.29) is 5.69 Å². The average Bonchev–Trinajstić information content (AvgIpc) is 2.47. The van der Waals surface area contributed by atoms with Crippen LogP contribution in [-0.2, 0) is 0 Å². The Hall–Kier alpha value is -1.65. The van der Waals surface area contributed by atoms with Crippen LogP contribution in [0, 0.1) is 5.92 Å². The summed E-state index contributed by atoms with van der Waals surface area (Å²) in [5, 5.41) is 16.8. The third kappa shape index (κ3) is 2.41. The zero-order valence-corrected chi connectivity index (χ0v) is 11.0. The molecule has 1 aromatic heterocycles. The molecule has 1 N–H and O–H groups in total. The Bertz CT molecular complexity index is 458. The highest BCUT2D eigenvalue weighted by molar-refractivity contribution is 5.85. The van der Waals surface area contributed by atoms with E-state index in [0.29, 0.717) is 6.04 Å². The Morgan fingerprint density at radius 2 is 1.95 bits per heavy atom. The fraction of sp³-hybridized carbons (Fsp3) is 0.643. The highest BCUT2D eigenvalue weighted by atomic mass is 16.4. The van der Waals surface area contributed by atoms with Gasteiger partial charge in [-0.25, -0.2) is 4.79 Å². The smallest absolute Gasteiger partial charge is 0.356 e. The molecule has 5 nitrogen and oxygen atoms in total. The molecule has 0 amide bonds. The van der Waals surface area contributed by atoms with Gasteiger partial charge in [0.25, 0.3) is 0 Å². The third-order valence-corrected chi connectivity index (χ3v) is 4.41. The van der Waals surface area contributed by atoms with Crippen LogP contribution in [0.1, 0.15) is 49.0 Å². The summed E-state index contributed by atoms with van der Waals surface area (Å²) in [5.41, 5.74) is 0.0148. The molecular formula is C14H19N3O2. The average molecular weight is 261 g/mol. The van der Waals surface area contributed by atoms with Gasteiger partial charge in [0.15, 0.2) is 11.5 Å². The van der Waals surface area contributed by atoms with E-state index >= 15 is 0 Å². The lowest BCUT2D eigenvalue weighted by atomic mass is 9.78. The van der Waals surface area contributed by atoms with Crippen molar-refractivity contribution >= 4 is 11.8 Å².